The molecular weight excluding hydrogens is 474 g/mol. The lowest BCUT2D eigenvalue weighted by Crippen LogP contribution is -2.34. The molecule has 0 spiro atoms. The zero-order chi connectivity index (χ0) is 25.5. The van der Waals surface area contributed by atoms with E-state index in [1.54, 1.807) is 30.3 Å². The maximum atomic E-state index is 13.0. The van der Waals surface area contributed by atoms with Crippen molar-refractivity contribution >= 4 is 21.7 Å². The quantitative estimate of drug-likeness (QED) is 0.159. The number of fused-ring (bicyclic) bond motifs is 1. The molecule has 9 heteroatoms. The first-order chi connectivity index (χ1) is 17.4. The Morgan fingerprint density at radius 2 is 1.86 bits per heavy atom. The van der Waals surface area contributed by atoms with Crippen LogP contribution in [0.3, 0.4) is 0 Å². The van der Waals surface area contributed by atoms with E-state index in [9.17, 15) is 13.5 Å². The van der Waals surface area contributed by atoms with E-state index in [0.717, 1.165) is 29.5 Å². The summed E-state index contributed by atoms with van der Waals surface area (Å²) in [7, 11) is -3.84. The van der Waals surface area contributed by atoms with Gasteiger partial charge in [0.25, 0.3) is 0 Å². The highest BCUT2D eigenvalue weighted by Gasteiger charge is 2.34. The summed E-state index contributed by atoms with van der Waals surface area (Å²) in [5.41, 5.74) is 4.35. The molecule has 4 N–H and O–H groups in total. The molecule has 0 saturated heterocycles. The van der Waals surface area contributed by atoms with Gasteiger partial charge in [0, 0.05) is 21.5 Å². The Kier molecular flexibility index (Phi) is 8.00. The number of sulfonamides is 1. The van der Waals surface area contributed by atoms with Gasteiger partial charge in [0.15, 0.2) is 6.19 Å². The zero-order valence-electron chi connectivity index (χ0n) is 20.0. The van der Waals surface area contributed by atoms with E-state index < -0.39 is 22.2 Å². The Balaban J connectivity index is 0.00000253. The normalized spacial score (nSPS) is 17.3. The second kappa shape index (κ2) is 11.4. The maximum absolute atomic E-state index is 13.0. The Hall–Kier alpha value is -3.71. The molecule has 0 unspecified atom stereocenters. The molecule has 0 saturated carbocycles. The van der Waals surface area contributed by atoms with Crippen molar-refractivity contribution in [2.75, 3.05) is 11.9 Å². The fourth-order valence-electron chi connectivity index (χ4n) is 4.22. The van der Waals surface area contributed by atoms with Crippen molar-refractivity contribution in [3.63, 3.8) is 0 Å². The van der Waals surface area contributed by atoms with E-state index in [-0.39, 0.29) is 7.75 Å². The van der Waals surface area contributed by atoms with Crippen LogP contribution in [0.5, 0.6) is 0 Å². The highest BCUT2D eigenvalue weighted by Crippen LogP contribution is 2.34. The largest absolute Gasteiger partial charge is 0.391 e. The third-order valence-electron chi connectivity index (χ3n) is 6.17. The van der Waals surface area contributed by atoms with Gasteiger partial charge in [0.05, 0.1) is 17.0 Å². The van der Waals surface area contributed by atoms with Gasteiger partial charge in [-0.25, -0.2) is 13.1 Å². The lowest BCUT2D eigenvalue weighted by Gasteiger charge is -2.19. The fourth-order valence-corrected chi connectivity index (χ4v) is 5.47. The van der Waals surface area contributed by atoms with E-state index in [2.05, 4.69) is 20.3 Å². The van der Waals surface area contributed by atoms with E-state index in [4.69, 9.17) is 5.26 Å². The molecule has 0 fully saturated rings. The summed E-state index contributed by atoms with van der Waals surface area (Å²) >= 11 is 0. The third kappa shape index (κ3) is 6.10. The minimum atomic E-state index is -3.84. The lowest BCUT2D eigenvalue weighted by atomic mass is 10.1. The number of benzene rings is 3. The number of nitrogens with one attached hydrogen (secondary N) is 3. The number of anilines is 1. The second-order valence-electron chi connectivity index (χ2n) is 8.61. The van der Waals surface area contributed by atoms with Crippen molar-refractivity contribution in [2.24, 2.45) is 4.99 Å². The van der Waals surface area contributed by atoms with Crippen LogP contribution < -0.4 is 15.4 Å². The topological polar surface area (TPSA) is 127 Å². The number of nitrogens with zero attached hydrogens (tertiary/aromatic N) is 2. The molecule has 0 aromatic heterocycles. The Bertz CT molecular complexity index is 1380. The van der Waals surface area contributed by atoms with Crippen LogP contribution in [0.15, 0.2) is 82.7 Å². The van der Waals surface area contributed by atoms with Gasteiger partial charge in [-0.2, -0.15) is 5.26 Å². The van der Waals surface area contributed by atoms with Crippen molar-refractivity contribution < 1.29 is 16.4 Å². The Morgan fingerprint density at radius 3 is 2.56 bits per heavy atom. The van der Waals surface area contributed by atoms with Crippen LogP contribution in [-0.2, 0) is 29.3 Å². The van der Waals surface area contributed by atoms with Gasteiger partial charge in [-0.1, -0.05) is 55.5 Å². The predicted octanol–water partition coefficient (Wildman–Crippen LogP) is 3.76. The van der Waals surface area contributed by atoms with Crippen molar-refractivity contribution in [3.05, 3.63) is 95.1 Å². The number of aryl methyl sites for hydroxylation is 1. The van der Waals surface area contributed by atoms with Crippen molar-refractivity contribution in [3.8, 4) is 6.19 Å². The maximum Gasteiger partial charge on any atom is 0.241 e. The van der Waals surface area contributed by atoms with Crippen molar-refractivity contribution in [1.82, 2.24) is 10.0 Å². The Morgan fingerprint density at radius 1 is 1.11 bits per heavy atom. The van der Waals surface area contributed by atoms with Gasteiger partial charge >= 0.3 is 0 Å². The average Bonchev–Trinajstić information content (AvgIpc) is 3.18. The number of hydrogen-bond acceptors (Lipinski definition) is 5. The number of rotatable bonds is 8. The van der Waals surface area contributed by atoms with E-state index >= 15 is 0 Å². The van der Waals surface area contributed by atoms with E-state index in [1.807, 2.05) is 55.6 Å². The number of aliphatic hydroxyl groups excluding tert-OH is 1. The van der Waals surface area contributed by atoms with Crippen LogP contribution in [0.2, 0.25) is 0 Å². The second-order valence-corrected chi connectivity index (χ2v) is 10.3. The van der Waals surface area contributed by atoms with Gasteiger partial charge in [-0.3, -0.25) is 10.3 Å². The summed E-state index contributed by atoms with van der Waals surface area (Å²) < 4.78 is 28.7. The van der Waals surface area contributed by atoms with Gasteiger partial charge in [0.1, 0.15) is 0 Å². The lowest BCUT2D eigenvalue weighted by molar-refractivity contribution is 0.151. The monoisotopic (exact) mass is 507 g/mol. The molecule has 36 heavy (non-hydrogen) atoms. The first kappa shape index (κ1) is 25.4. The van der Waals surface area contributed by atoms with Crippen LogP contribution in [0, 0.1) is 11.5 Å². The molecule has 1 aliphatic carbocycles. The predicted molar refractivity (Wildman–Crippen MR) is 144 cm³/mol. The van der Waals surface area contributed by atoms with Gasteiger partial charge in [-0.15, -0.1) is 0 Å². The summed E-state index contributed by atoms with van der Waals surface area (Å²) in [5, 5.41) is 25.5. The molecule has 0 aliphatic heterocycles. The van der Waals surface area contributed by atoms with E-state index in [0.29, 0.717) is 30.2 Å². The molecule has 3 aromatic carbocycles. The summed E-state index contributed by atoms with van der Waals surface area (Å²) in [6.45, 7) is 2.48. The smallest absolute Gasteiger partial charge is 0.241 e. The standard InChI is InChI=1S/C27H29N5O3S.2H2/c1-2-19-8-12-23(13-9-19)36(34,35)32-26-24-17-22(11-10-21(24)16-25(26)33)31-27(30-18-28)29-15-14-20-6-4-3-5-7-20;;/h3-13,17,25-26,32-33H,2,14-16H2,1H3,(H2,29,30,31);2*1H/t25-,26-;;/m1../s1. The highest BCUT2D eigenvalue weighted by atomic mass is 32.2. The number of aliphatic imine (C=N–C) groups is 1. The molecular formula is C27H33N5O3S. The zero-order valence-corrected chi connectivity index (χ0v) is 20.8. The molecule has 0 radical (unpaired) electrons. The molecule has 2 atom stereocenters. The number of hydrogen-bond donors (Lipinski definition) is 4. The van der Waals surface area contributed by atoms with Crippen LogP contribution in [0.25, 0.3) is 0 Å². The third-order valence-corrected chi connectivity index (χ3v) is 7.63. The molecule has 190 valence electrons. The number of aliphatic hydroxyl groups is 1. The first-order valence-electron chi connectivity index (χ1n) is 11.8. The number of nitriles is 1. The van der Waals surface area contributed by atoms with Crippen molar-refractivity contribution in [2.45, 2.75) is 43.2 Å². The molecule has 0 amide bonds. The molecule has 0 bridgehead atoms. The first-order valence-corrected chi connectivity index (χ1v) is 13.3. The summed E-state index contributed by atoms with van der Waals surface area (Å²) in [6, 6.07) is 21.3. The molecule has 4 rings (SSSR count). The average molecular weight is 508 g/mol. The minimum absolute atomic E-state index is 0. The molecule has 0 heterocycles. The SMILES string of the molecule is CCc1ccc(S(=O)(=O)N[C@@H]2c3cc(NC(=NCCc4ccccc4)NC#N)ccc3C[C@H]2O)cc1.[HH].[HH]. The van der Waals surface area contributed by atoms with Crippen molar-refractivity contribution in [1.29, 1.82) is 5.26 Å². The minimum Gasteiger partial charge on any atom is -0.391 e. The number of guanidine groups is 1. The van der Waals surface area contributed by atoms with E-state index in [1.165, 1.54) is 0 Å². The summed E-state index contributed by atoms with van der Waals surface area (Å²) in [4.78, 5) is 4.61. The molecule has 1 aliphatic rings. The van der Waals surface area contributed by atoms with Crippen LogP contribution in [0.1, 0.15) is 38.1 Å². The fraction of sp³-hybridized carbons (Fsp3) is 0.259. The van der Waals surface area contributed by atoms with Gasteiger partial charge in [-0.05, 0) is 59.4 Å². The molecule has 8 nitrogen and oxygen atoms in total. The highest BCUT2D eigenvalue weighted by molar-refractivity contribution is 7.89. The summed E-state index contributed by atoms with van der Waals surface area (Å²) in [6.07, 6.45) is 2.87. The van der Waals surface area contributed by atoms with Crippen LogP contribution >= 0.6 is 0 Å². The van der Waals surface area contributed by atoms with Crippen LogP contribution in [-0.4, -0.2) is 32.1 Å². The van der Waals surface area contributed by atoms with Gasteiger partial charge in [0.2, 0.25) is 16.0 Å². The van der Waals surface area contributed by atoms with Crippen LogP contribution in [0.4, 0.5) is 5.69 Å². The molecule has 3 aromatic rings. The van der Waals surface area contributed by atoms with Gasteiger partial charge < -0.3 is 10.4 Å². The Labute approximate surface area is 214 Å². The summed E-state index contributed by atoms with van der Waals surface area (Å²) in [5.74, 6) is 0.292.